The van der Waals surface area contributed by atoms with E-state index in [-0.39, 0.29) is 5.41 Å². The predicted molar refractivity (Wildman–Crippen MR) is 115 cm³/mol. The lowest BCUT2D eigenvalue weighted by atomic mass is 9.70. The zero-order valence-corrected chi connectivity index (χ0v) is 18.3. The molecular formula is C25H45NO. The van der Waals surface area contributed by atoms with Crippen molar-refractivity contribution in [2.45, 2.75) is 129 Å². The summed E-state index contributed by atoms with van der Waals surface area (Å²) >= 11 is 0. The van der Waals surface area contributed by atoms with Crippen LogP contribution in [0, 0.1) is 28.6 Å². The summed E-state index contributed by atoms with van der Waals surface area (Å²) in [4.78, 5) is 0. The van der Waals surface area contributed by atoms with E-state index in [1.807, 2.05) is 0 Å². The van der Waals surface area contributed by atoms with Crippen LogP contribution in [0.3, 0.4) is 0 Å². The van der Waals surface area contributed by atoms with Gasteiger partial charge in [0.05, 0.1) is 24.2 Å². The molecule has 27 heavy (non-hydrogen) atoms. The highest BCUT2D eigenvalue weighted by atomic mass is 16.5. The number of ether oxygens (including phenoxy) is 1. The number of hydrogen-bond acceptors (Lipinski definition) is 2. The van der Waals surface area contributed by atoms with E-state index in [4.69, 9.17) is 4.74 Å². The minimum absolute atomic E-state index is 0.182. The first-order valence-electron chi connectivity index (χ1n) is 12.2. The van der Waals surface area contributed by atoms with Crippen molar-refractivity contribution in [2.24, 2.45) is 17.3 Å². The van der Waals surface area contributed by atoms with Crippen LogP contribution in [0.2, 0.25) is 0 Å². The molecule has 0 aromatic carbocycles. The maximum Gasteiger partial charge on any atom is 0.0807 e. The highest BCUT2D eigenvalue weighted by Crippen LogP contribution is 2.41. The largest absolute Gasteiger partial charge is 0.377 e. The highest BCUT2D eigenvalue weighted by molar-refractivity contribution is 5.02. The van der Waals surface area contributed by atoms with Crippen LogP contribution in [0.4, 0.5) is 0 Å². The van der Waals surface area contributed by atoms with Gasteiger partial charge in [-0.2, -0.15) is 5.26 Å². The van der Waals surface area contributed by atoms with E-state index in [2.05, 4.69) is 19.9 Å². The third-order valence-electron chi connectivity index (χ3n) is 7.37. The lowest BCUT2D eigenvalue weighted by molar-refractivity contribution is -0.0300. The molecule has 156 valence electrons. The van der Waals surface area contributed by atoms with Crippen molar-refractivity contribution in [1.29, 1.82) is 5.26 Å². The Hall–Kier alpha value is -0.550. The Labute approximate surface area is 169 Å². The molecule has 0 aromatic heterocycles. The van der Waals surface area contributed by atoms with Crippen LogP contribution in [0.1, 0.15) is 123 Å². The minimum atomic E-state index is -0.182. The Morgan fingerprint density at radius 3 is 2.00 bits per heavy atom. The fourth-order valence-corrected chi connectivity index (χ4v) is 5.20. The van der Waals surface area contributed by atoms with Gasteiger partial charge in [0.2, 0.25) is 0 Å². The van der Waals surface area contributed by atoms with Crippen LogP contribution >= 0.6 is 0 Å². The van der Waals surface area contributed by atoms with E-state index in [9.17, 15) is 5.26 Å². The van der Waals surface area contributed by atoms with Crippen LogP contribution in [0.5, 0.6) is 0 Å². The first-order valence-corrected chi connectivity index (χ1v) is 12.2. The first kappa shape index (κ1) is 22.7. The van der Waals surface area contributed by atoms with E-state index in [0.717, 1.165) is 24.7 Å². The van der Waals surface area contributed by atoms with Crippen molar-refractivity contribution in [3.8, 4) is 6.07 Å². The summed E-state index contributed by atoms with van der Waals surface area (Å²) in [6, 6.07) is 2.66. The minimum Gasteiger partial charge on any atom is -0.377 e. The molecule has 2 nitrogen and oxygen atoms in total. The van der Waals surface area contributed by atoms with E-state index in [1.165, 1.54) is 96.3 Å². The Morgan fingerprint density at radius 2 is 1.37 bits per heavy atom. The van der Waals surface area contributed by atoms with Crippen LogP contribution in [0.25, 0.3) is 0 Å². The molecule has 0 aliphatic heterocycles. The second-order valence-electron chi connectivity index (χ2n) is 9.63. The number of nitrogens with zero attached hydrogens (tertiary/aromatic N) is 1. The Morgan fingerprint density at radius 1 is 0.778 bits per heavy atom. The second kappa shape index (κ2) is 12.8. The van der Waals surface area contributed by atoms with Gasteiger partial charge in [-0.15, -0.1) is 0 Å². The predicted octanol–water partition coefficient (Wildman–Crippen LogP) is 7.81. The smallest absolute Gasteiger partial charge is 0.0807 e. The molecule has 2 aliphatic carbocycles. The van der Waals surface area contributed by atoms with Crippen molar-refractivity contribution in [3.05, 3.63) is 0 Å². The summed E-state index contributed by atoms with van der Waals surface area (Å²) in [6.45, 7) is 5.25. The van der Waals surface area contributed by atoms with E-state index < -0.39 is 0 Å². The molecule has 2 saturated carbocycles. The van der Waals surface area contributed by atoms with Gasteiger partial charge in [0.1, 0.15) is 0 Å². The first-order chi connectivity index (χ1) is 13.2. The van der Waals surface area contributed by atoms with Gasteiger partial charge in [-0.05, 0) is 63.2 Å². The van der Waals surface area contributed by atoms with Gasteiger partial charge in [-0.1, -0.05) is 71.6 Å². The highest BCUT2D eigenvalue weighted by Gasteiger charge is 2.36. The standard InChI is InChI=1S/C25H45NO/c1-3-5-7-8-9-11-22-12-14-24(15-13-22)27-21-25(20-26)18-16-23(17-19-25)10-6-4-2/h22-24H,3-19,21H2,1-2H3. The number of unbranched alkanes of at least 4 members (excludes halogenated alkanes) is 5. The molecule has 0 aromatic rings. The molecule has 0 atom stereocenters. The van der Waals surface area contributed by atoms with Gasteiger partial charge in [0.15, 0.2) is 0 Å². The molecule has 0 unspecified atom stereocenters. The monoisotopic (exact) mass is 375 g/mol. The normalized spacial score (nSPS) is 31.5. The fraction of sp³-hybridized carbons (Fsp3) is 0.960. The molecule has 2 fully saturated rings. The molecular weight excluding hydrogens is 330 g/mol. The van der Waals surface area contributed by atoms with Gasteiger partial charge in [-0.3, -0.25) is 0 Å². The SMILES string of the molecule is CCCCCCCC1CCC(OCC2(C#N)CCC(CCCC)CC2)CC1. The average molecular weight is 376 g/mol. The maximum atomic E-state index is 9.80. The lowest BCUT2D eigenvalue weighted by Gasteiger charge is -2.37. The Bertz CT molecular complexity index is 411. The molecule has 0 spiro atoms. The average Bonchev–Trinajstić information content (AvgIpc) is 2.72. The Kier molecular flexibility index (Phi) is 10.8. The number of rotatable bonds is 12. The van der Waals surface area contributed by atoms with Crippen molar-refractivity contribution in [1.82, 2.24) is 0 Å². The van der Waals surface area contributed by atoms with Crippen molar-refractivity contribution in [2.75, 3.05) is 6.61 Å². The number of nitriles is 1. The maximum absolute atomic E-state index is 9.80. The summed E-state index contributed by atoms with van der Waals surface area (Å²) in [6.07, 6.45) is 22.6. The van der Waals surface area contributed by atoms with Crippen LogP contribution in [0.15, 0.2) is 0 Å². The van der Waals surface area contributed by atoms with E-state index in [1.54, 1.807) is 0 Å². The summed E-state index contributed by atoms with van der Waals surface area (Å²) < 4.78 is 6.32. The van der Waals surface area contributed by atoms with E-state index >= 15 is 0 Å². The van der Waals surface area contributed by atoms with Gasteiger partial charge < -0.3 is 4.74 Å². The van der Waals surface area contributed by atoms with Gasteiger partial charge in [0, 0.05) is 0 Å². The van der Waals surface area contributed by atoms with Crippen LogP contribution in [-0.4, -0.2) is 12.7 Å². The van der Waals surface area contributed by atoms with Gasteiger partial charge in [-0.25, -0.2) is 0 Å². The van der Waals surface area contributed by atoms with Gasteiger partial charge in [0.25, 0.3) is 0 Å². The summed E-state index contributed by atoms with van der Waals surface area (Å²) in [5, 5.41) is 9.80. The van der Waals surface area contributed by atoms with E-state index in [0.29, 0.717) is 12.7 Å². The second-order valence-corrected chi connectivity index (χ2v) is 9.63. The Balaban J connectivity index is 1.60. The molecule has 0 bridgehead atoms. The number of hydrogen-bond donors (Lipinski definition) is 0. The van der Waals surface area contributed by atoms with Gasteiger partial charge >= 0.3 is 0 Å². The van der Waals surface area contributed by atoms with Crippen molar-refractivity contribution < 1.29 is 4.74 Å². The third kappa shape index (κ3) is 8.15. The lowest BCUT2D eigenvalue weighted by Crippen LogP contribution is -2.34. The van der Waals surface area contributed by atoms with Crippen LogP contribution in [-0.2, 0) is 4.74 Å². The zero-order valence-electron chi connectivity index (χ0n) is 18.3. The zero-order chi connectivity index (χ0) is 19.4. The molecule has 2 heteroatoms. The topological polar surface area (TPSA) is 33.0 Å². The molecule has 0 N–H and O–H groups in total. The summed E-state index contributed by atoms with van der Waals surface area (Å²) in [5.74, 6) is 1.80. The molecule has 0 amide bonds. The van der Waals surface area contributed by atoms with Crippen molar-refractivity contribution >= 4 is 0 Å². The fourth-order valence-electron chi connectivity index (χ4n) is 5.20. The molecule has 2 aliphatic rings. The quantitative estimate of drug-likeness (QED) is 0.326. The third-order valence-corrected chi connectivity index (χ3v) is 7.37. The molecule has 2 rings (SSSR count). The molecule has 0 radical (unpaired) electrons. The summed E-state index contributed by atoms with van der Waals surface area (Å²) in [5.41, 5.74) is -0.182. The summed E-state index contributed by atoms with van der Waals surface area (Å²) in [7, 11) is 0. The van der Waals surface area contributed by atoms with Crippen molar-refractivity contribution in [3.63, 3.8) is 0 Å². The molecule has 0 saturated heterocycles. The van der Waals surface area contributed by atoms with Crippen LogP contribution < -0.4 is 0 Å². The molecule has 0 heterocycles.